The quantitative estimate of drug-likeness (QED) is 0.450. The van der Waals surface area contributed by atoms with Gasteiger partial charge in [0, 0.05) is 23.1 Å². The molecule has 8 nitrogen and oxygen atoms in total. The second-order valence-electron chi connectivity index (χ2n) is 8.59. The van der Waals surface area contributed by atoms with Crippen LogP contribution in [0, 0.1) is 19.3 Å². The highest BCUT2D eigenvalue weighted by Gasteiger charge is 2.47. The van der Waals surface area contributed by atoms with E-state index in [9.17, 15) is 30.3 Å². The summed E-state index contributed by atoms with van der Waals surface area (Å²) < 4.78 is 11.5. The summed E-state index contributed by atoms with van der Waals surface area (Å²) in [6.45, 7) is 6.72. The number of aliphatic hydroxyl groups excluding tert-OH is 5. The topological polar surface area (TPSA) is 137 Å². The first kappa shape index (κ1) is 22.1. The molecular weight excluding hydrogens is 380 g/mol. The molecule has 1 fully saturated rings. The number of hydrogen-bond donors (Lipinski definition) is 5. The number of ketones is 1. The van der Waals surface area contributed by atoms with Crippen LogP contribution in [0.5, 0.6) is 5.75 Å². The molecule has 0 unspecified atom stereocenters. The van der Waals surface area contributed by atoms with Crippen LogP contribution in [0.3, 0.4) is 0 Å². The molecule has 8 heteroatoms. The van der Waals surface area contributed by atoms with Crippen LogP contribution in [0.4, 0.5) is 0 Å². The van der Waals surface area contributed by atoms with Crippen LogP contribution in [0.1, 0.15) is 46.5 Å². The highest BCUT2D eigenvalue weighted by Crippen LogP contribution is 2.46. The molecular formula is C21H30O8. The van der Waals surface area contributed by atoms with Crippen molar-refractivity contribution in [2.75, 3.05) is 13.2 Å². The number of aliphatic hydroxyl groups is 5. The maximum Gasteiger partial charge on any atom is 0.229 e. The Morgan fingerprint density at radius 1 is 1.07 bits per heavy atom. The highest BCUT2D eigenvalue weighted by molar-refractivity contribution is 6.06. The van der Waals surface area contributed by atoms with Crippen molar-refractivity contribution in [3.05, 3.63) is 27.8 Å². The van der Waals surface area contributed by atoms with E-state index >= 15 is 0 Å². The fourth-order valence-corrected chi connectivity index (χ4v) is 4.40. The zero-order valence-corrected chi connectivity index (χ0v) is 17.2. The fourth-order valence-electron chi connectivity index (χ4n) is 4.40. The normalized spacial score (nSPS) is 31.1. The lowest BCUT2D eigenvalue weighted by Crippen LogP contribution is -2.60. The van der Waals surface area contributed by atoms with Crippen molar-refractivity contribution in [2.45, 2.75) is 71.2 Å². The minimum Gasteiger partial charge on any atom is -0.461 e. The zero-order valence-electron chi connectivity index (χ0n) is 17.2. The van der Waals surface area contributed by atoms with Crippen molar-refractivity contribution >= 4 is 5.78 Å². The van der Waals surface area contributed by atoms with Crippen molar-refractivity contribution in [1.29, 1.82) is 0 Å². The third-order valence-electron chi connectivity index (χ3n) is 6.10. The Kier molecular flexibility index (Phi) is 6.06. The first-order chi connectivity index (χ1) is 13.5. The molecule has 0 amide bonds. The number of benzene rings is 1. The van der Waals surface area contributed by atoms with Gasteiger partial charge in [-0.05, 0) is 43.4 Å². The van der Waals surface area contributed by atoms with E-state index in [1.807, 2.05) is 27.7 Å². The van der Waals surface area contributed by atoms with Gasteiger partial charge in [0.05, 0.1) is 6.61 Å². The van der Waals surface area contributed by atoms with E-state index < -0.39 is 42.7 Å². The van der Waals surface area contributed by atoms with Crippen molar-refractivity contribution in [3.8, 4) is 5.75 Å². The predicted octanol–water partition coefficient (Wildman–Crippen LogP) is -0.218. The molecule has 1 aliphatic heterocycles. The van der Waals surface area contributed by atoms with Gasteiger partial charge in [-0.1, -0.05) is 13.8 Å². The number of fused-ring (bicyclic) bond motifs is 1. The van der Waals surface area contributed by atoms with Crippen LogP contribution in [-0.4, -0.2) is 75.2 Å². The van der Waals surface area contributed by atoms with Gasteiger partial charge in [-0.2, -0.15) is 0 Å². The summed E-state index contributed by atoms with van der Waals surface area (Å²) in [5.41, 5.74) is 2.96. The van der Waals surface area contributed by atoms with E-state index in [0.29, 0.717) is 29.7 Å². The molecule has 0 saturated carbocycles. The molecule has 3 rings (SSSR count). The molecule has 1 aromatic carbocycles. The third-order valence-corrected chi connectivity index (χ3v) is 6.10. The van der Waals surface area contributed by atoms with Crippen LogP contribution in [-0.2, 0) is 17.6 Å². The second-order valence-corrected chi connectivity index (χ2v) is 8.59. The number of hydrogen-bond acceptors (Lipinski definition) is 8. The maximum atomic E-state index is 13.0. The lowest BCUT2D eigenvalue weighted by atomic mass is 9.88. The lowest BCUT2D eigenvalue weighted by Gasteiger charge is -2.40. The summed E-state index contributed by atoms with van der Waals surface area (Å²) in [6, 6.07) is 0. The van der Waals surface area contributed by atoms with Gasteiger partial charge in [-0.25, -0.2) is 0 Å². The number of rotatable bonds is 5. The average molecular weight is 410 g/mol. The standard InChI is InChI=1S/C21H30O8/c1-9-11(5-6-22)10(2)18(12-7-21(3,4)19(27)14(9)12)29-20-17(26)16(25)15(24)13(8-23)28-20/h13,15-17,20,22-26H,5-8H2,1-4H3/t13-,15-,16-,17-,20-/m0/s1. The van der Waals surface area contributed by atoms with Gasteiger partial charge >= 0.3 is 0 Å². The van der Waals surface area contributed by atoms with E-state index in [-0.39, 0.29) is 12.4 Å². The van der Waals surface area contributed by atoms with Gasteiger partial charge in [-0.3, -0.25) is 4.79 Å². The Morgan fingerprint density at radius 2 is 1.72 bits per heavy atom. The Hall–Kier alpha value is -1.55. The number of ether oxygens (including phenoxy) is 2. The minimum absolute atomic E-state index is 0.0113. The molecule has 0 radical (unpaired) electrons. The first-order valence-electron chi connectivity index (χ1n) is 9.82. The van der Waals surface area contributed by atoms with Crippen molar-refractivity contribution in [3.63, 3.8) is 0 Å². The van der Waals surface area contributed by atoms with Crippen LogP contribution in [0.25, 0.3) is 0 Å². The van der Waals surface area contributed by atoms with Crippen LogP contribution in [0.2, 0.25) is 0 Å². The Bertz CT molecular complexity index is 801. The van der Waals surface area contributed by atoms with Gasteiger partial charge in [0.15, 0.2) is 5.78 Å². The molecule has 1 aromatic rings. The molecule has 0 spiro atoms. The monoisotopic (exact) mass is 410 g/mol. The van der Waals surface area contributed by atoms with Gasteiger partial charge in [0.1, 0.15) is 30.2 Å². The number of carbonyl (C=O) groups is 1. The second kappa shape index (κ2) is 7.94. The van der Waals surface area contributed by atoms with Crippen LogP contribution < -0.4 is 4.74 Å². The molecule has 2 aliphatic rings. The first-order valence-corrected chi connectivity index (χ1v) is 9.82. The van der Waals surface area contributed by atoms with E-state index in [1.165, 1.54) is 0 Å². The fraction of sp³-hybridized carbons (Fsp3) is 0.667. The Balaban J connectivity index is 2.08. The predicted molar refractivity (Wildman–Crippen MR) is 103 cm³/mol. The summed E-state index contributed by atoms with van der Waals surface area (Å²) in [4.78, 5) is 13.0. The Labute approximate surface area is 169 Å². The molecule has 1 saturated heterocycles. The lowest BCUT2D eigenvalue weighted by molar-refractivity contribution is -0.277. The minimum atomic E-state index is -1.56. The highest BCUT2D eigenvalue weighted by atomic mass is 16.7. The molecule has 29 heavy (non-hydrogen) atoms. The molecule has 1 heterocycles. The molecule has 5 atom stereocenters. The van der Waals surface area contributed by atoms with Crippen molar-refractivity contribution < 1.29 is 39.8 Å². The smallest absolute Gasteiger partial charge is 0.229 e. The number of Topliss-reactive ketones (excluding diaryl/α,β-unsaturated/α-hetero) is 1. The number of carbonyl (C=O) groups excluding carboxylic acids is 1. The summed E-state index contributed by atoms with van der Waals surface area (Å²) >= 11 is 0. The summed E-state index contributed by atoms with van der Waals surface area (Å²) in [7, 11) is 0. The summed E-state index contributed by atoms with van der Waals surface area (Å²) in [5.74, 6) is 0.361. The molecule has 0 bridgehead atoms. The van der Waals surface area contributed by atoms with Gasteiger partial charge in [0.25, 0.3) is 0 Å². The third kappa shape index (κ3) is 3.58. The maximum absolute atomic E-state index is 13.0. The van der Waals surface area contributed by atoms with Crippen molar-refractivity contribution in [2.24, 2.45) is 5.41 Å². The molecule has 0 aromatic heterocycles. The summed E-state index contributed by atoms with van der Waals surface area (Å²) in [5, 5.41) is 49.3. The van der Waals surface area contributed by atoms with Gasteiger partial charge in [-0.15, -0.1) is 0 Å². The largest absolute Gasteiger partial charge is 0.461 e. The molecule has 5 N–H and O–H groups in total. The molecule has 162 valence electrons. The van der Waals surface area contributed by atoms with Crippen molar-refractivity contribution in [1.82, 2.24) is 0 Å². The molecule has 1 aliphatic carbocycles. The zero-order chi connectivity index (χ0) is 21.7. The van der Waals surface area contributed by atoms with E-state index in [0.717, 1.165) is 16.7 Å². The van der Waals surface area contributed by atoms with E-state index in [1.54, 1.807) is 0 Å². The SMILES string of the molecule is Cc1c(CCO)c(C)c2c(c1O[C@@H]1O[C@@H](CO)[C@H](O)[C@H](O)[C@@H]1O)CC(C)(C)C2=O. The summed E-state index contributed by atoms with van der Waals surface area (Å²) in [6.07, 6.45) is -6.23. The van der Waals surface area contributed by atoms with Crippen LogP contribution in [0.15, 0.2) is 0 Å². The van der Waals surface area contributed by atoms with E-state index in [2.05, 4.69) is 0 Å². The van der Waals surface area contributed by atoms with Crippen LogP contribution >= 0.6 is 0 Å². The van der Waals surface area contributed by atoms with E-state index in [4.69, 9.17) is 9.47 Å². The average Bonchev–Trinajstić information content (AvgIpc) is 2.91. The Morgan fingerprint density at radius 3 is 2.31 bits per heavy atom. The van der Waals surface area contributed by atoms with Gasteiger partial charge < -0.3 is 35.0 Å². The van der Waals surface area contributed by atoms with Gasteiger partial charge in [0.2, 0.25) is 6.29 Å².